The lowest BCUT2D eigenvalue weighted by Crippen LogP contribution is -2.37. The van der Waals surface area contributed by atoms with Crippen LogP contribution in [0, 0.1) is 6.92 Å². The predicted molar refractivity (Wildman–Crippen MR) is 92.7 cm³/mol. The van der Waals surface area contributed by atoms with Crippen LogP contribution in [0.5, 0.6) is 0 Å². The minimum atomic E-state index is 0.0686. The number of benzene rings is 1. The molecule has 6 nitrogen and oxygen atoms in total. The van der Waals surface area contributed by atoms with Crippen LogP contribution in [0.3, 0.4) is 0 Å². The molecule has 3 aromatic rings. The zero-order valence-corrected chi connectivity index (χ0v) is 14.7. The molecule has 24 heavy (non-hydrogen) atoms. The number of hydrogen-bond acceptors (Lipinski definition) is 5. The normalized spacial score (nSPS) is 16.0. The molecule has 124 valence electrons. The van der Waals surface area contributed by atoms with Crippen molar-refractivity contribution < 1.29 is 4.79 Å². The smallest absolute Gasteiger partial charge is 0.253 e. The third-order valence-corrected chi connectivity index (χ3v) is 5.70. The highest BCUT2D eigenvalue weighted by molar-refractivity contribution is 7.16. The molecule has 1 fully saturated rings. The molecular weight excluding hydrogens is 346 g/mol. The zero-order chi connectivity index (χ0) is 16.7. The molecule has 3 heterocycles. The van der Waals surface area contributed by atoms with Gasteiger partial charge >= 0.3 is 0 Å². The highest BCUT2D eigenvalue weighted by atomic mass is 35.5. The minimum Gasteiger partial charge on any atom is -0.339 e. The predicted octanol–water partition coefficient (Wildman–Crippen LogP) is 3.17. The van der Waals surface area contributed by atoms with E-state index in [2.05, 4.69) is 15.3 Å². The Morgan fingerprint density at radius 3 is 2.58 bits per heavy atom. The van der Waals surface area contributed by atoms with Crippen molar-refractivity contribution in [1.82, 2.24) is 24.7 Å². The van der Waals surface area contributed by atoms with E-state index in [1.165, 1.54) is 0 Å². The van der Waals surface area contributed by atoms with Crippen LogP contribution in [-0.2, 0) is 0 Å². The second kappa shape index (κ2) is 6.14. The number of aromatic nitrogens is 4. The summed E-state index contributed by atoms with van der Waals surface area (Å²) in [5, 5.41) is 14.5. The van der Waals surface area contributed by atoms with E-state index in [4.69, 9.17) is 11.6 Å². The summed E-state index contributed by atoms with van der Waals surface area (Å²) in [5.74, 6) is 1.26. The summed E-state index contributed by atoms with van der Waals surface area (Å²) in [6.45, 7) is 3.38. The van der Waals surface area contributed by atoms with Gasteiger partial charge in [-0.25, -0.2) is 0 Å². The van der Waals surface area contributed by atoms with E-state index in [1.807, 2.05) is 11.8 Å². The number of halogens is 1. The number of fused-ring (bicyclic) bond motifs is 1. The van der Waals surface area contributed by atoms with Gasteiger partial charge in [0.05, 0.1) is 0 Å². The van der Waals surface area contributed by atoms with E-state index >= 15 is 0 Å². The average molecular weight is 362 g/mol. The van der Waals surface area contributed by atoms with Gasteiger partial charge in [0.1, 0.15) is 5.01 Å². The van der Waals surface area contributed by atoms with Crippen molar-refractivity contribution in [2.45, 2.75) is 25.7 Å². The Morgan fingerprint density at radius 1 is 1.21 bits per heavy atom. The zero-order valence-electron chi connectivity index (χ0n) is 13.1. The Kier molecular flexibility index (Phi) is 3.97. The van der Waals surface area contributed by atoms with Crippen LogP contribution >= 0.6 is 22.9 Å². The molecule has 0 N–H and O–H groups in total. The first-order valence-corrected chi connectivity index (χ1v) is 9.05. The van der Waals surface area contributed by atoms with Crippen molar-refractivity contribution in [2.75, 3.05) is 13.1 Å². The van der Waals surface area contributed by atoms with E-state index in [0.29, 0.717) is 16.5 Å². The third kappa shape index (κ3) is 2.78. The van der Waals surface area contributed by atoms with Gasteiger partial charge < -0.3 is 4.90 Å². The molecule has 0 radical (unpaired) electrons. The summed E-state index contributed by atoms with van der Waals surface area (Å²) in [7, 11) is 0. The monoisotopic (exact) mass is 361 g/mol. The largest absolute Gasteiger partial charge is 0.339 e. The maximum Gasteiger partial charge on any atom is 0.253 e. The van der Waals surface area contributed by atoms with Crippen molar-refractivity contribution in [3.05, 3.63) is 45.7 Å². The lowest BCUT2D eigenvalue weighted by Gasteiger charge is -2.31. The molecular formula is C16H16ClN5OS. The first-order valence-electron chi connectivity index (χ1n) is 7.85. The van der Waals surface area contributed by atoms with Gasteiger partial charge in [-0.3, -0.25) is 4.79 Å². The standard InChI is InChI=1S/C16H16ClN5OS/c1-10-18-19-16-22(10)20-14(24-16)11-6-8-21(9-7-11)15(23)12-2-4-13(17)5-3-12/h2-5,11H,6-9H2,1H3. The Morgan fingerprint density at radius 2 is 1.92 bits per heavy atom. The number of hydrogen-bond donors (Lipinski definition) is 0. The van der Waals surface area contributed by atoms with Gasteiger partial charge in [0.25, 0.3) is 5.91 Å². The van der Waals surface area contributed by atoms with Crippen molar-refractivity contribution >= 4 is 33.8 Å². The second-order valence-electron chi connectivity index (χ2n) is 5.96. The number of piperidine rings is 1. The number of amides is 1. The van der Waals surface area contributed by atoms with Crippen LogP contribution in [-0.4, -0.2) is 43.7 Å². The number of rotatable bonds is 2. The Hall–Kier alpha value is -1.99. The lowest BCUT2D eigenvalue weighted by molar-refractivity contribution is 0.0713. The molecule has 1 saturated heterocycles. The van der Waals surface area contributed by atoms with Gasteiger partial charge in [-0.2, -0.15) is 9.61 Å². The van der Waals surface area contributed by atoms with Gasteiger partial charge in [-0.15, -0.1) is 10.2 Å². The van der Waals surface area contributed by atoms with Crippen LogP contribution < -0.4 is 0 Å². The third-order valence-electron chi connectivity index (χ3n) is 4.38. The van der Waals surface area contributed by atoms with E-state index in [0.717, 1.165) is 41.7 Å². The van der Waals surface area contributed by atoms with Gasteiger partial charge in [-0.1, -0.05) is 22.9 Å². The molecule has 1 aliphatic heterocycles. The molecule has 4 rings (SSSR count). The molecule has 0 saturated carbocycles. The fourth-order valence-corrected chi connectivity index (χ4v) is 4.18. The fraction of sp³-hybridized carbons (Fsp3) is 0.375. The van der Waals surface area contributed by atoms with Gasteiger partial charge in [0, 0.05) is 29.6 Å². The summed E-state index contributed by atoms with van der Waals surface area (Å²) in [4.78, 5) is 15.3. The van der Waals surface area contributed by atoms with E-state index in [-0.39, 0.29) is 5.91 Å². The maximum atomic E-state index is 12.5. The first-order chi connectivity index (χ1) is 11.6. The number of carbonyl (C=O) groups is 1. The SMILES string of the molecule is Cc1nnc2sc(C3CCN(C(=O)c4ccc(Cl)cc4)CC3)nn12. The summed E-state index contributed by atoms with van der Waals surface area (Å²) >= 11 is 7.47. The van der Waals surface area contributed by atoms with Crippen LogP contribution in [0.25, 0.3) is 4.96 Å². The molecule has 1 aromatic carbocycles. The van der Waals surface area contributed by atoms with Gasteiger partial charge in [0.2, 0.25) is 4.96 Å². The Bertz CT molecular complexity index is 880. The number of aryl methyl sites for hydroxylation is 1. The van der Waals surface area contributed by atoms with Crippen molar-refractivity contribution in [3.8, 4) is 0 Å². The van der Waals surface area contributed by atoms with Gasteiger partial charge in [0.15, 0.2) is 5.82 Å². The minimum absolute atomic E-state index is 0.0686. The van der Waals surface area contributed by atoms with Gasteiger partial charge in [-0.05, 0) is 44.0 Å². The highest BCUT2D eigenvalue weighted by Gasteiger charge is 2.27. The van der Waals surface area contributed by atoms with Crippen molar-refractivity contribution in [1.29, 1.82) is 0 Å². The summed E-state index contributed by atoms with van der Waals surface area (Å²) in [6, 6.07) is 7.07. The molecule has 0 spiro atoms. The molecule has 0 aliphatic carbocycles. The van der Waals surface area contributed by atoms with Crippen molar-refractivity contribution in [2.24, 2.45) is 0 Å². The molecule has 8 heteroatoms. The molecule has 0 atom stereocenters. The average Bonchev–Trinajstić information content (AvgIpc) is 3.18. The molecule has 2 aromatic heterocycles. The van der Waals surface area contributed by atoms with Crippen LogP contribution in [0.4, 0.5) is 0 Å². The van der Waals surface area contributed by atoms with E-state index in [1.54, 1.807) is 40.1 Å². The molecule has 0 unspecified atom stereocenters. The summed E-state index contributed by atoms with van der Waals surface area (Å²) in [5.41, 5.74) is 0.687. The number of carbonyl (C=O) groups excluding carboxylic acids is 1. The summed E-state index contributed by atoms with van der Waals surface area (Å²) < 4.78 is 1.80. The lowest BCUT2D eigenvalue weighted by atomic mass is 9.97. The van der Waals surface area contributed by atoms with E-state index < -0.39 is 0 Å². The molecule has 0 bridgehead atoms. The fourth-order valence-electron chi connectivity index (χ4n) is 3.00. The second-order valence-corrected chi connectivity index (χ2v) is 7.38. The maximum absolute atomic E-state index is 12.5. The van der Waals surface area contributed by atoms with Crippen LogP contribution in [0.15, 0.2) is 24.3 Å². The topological polar surface area (TPSA) is 63.4 Å². The quantitative estimate of drug-likeness (QED) is 0.703. The molecule has 1 amide bonds. The first kappa shape index (κ1) is 15.5. The van der Waals surface area contributed by atoms with Crippen LogP contribution in [0.2, 0.25) is 5.02 Å². The Labute approximate surface area is 148 Å². The Balaban J connectivity index is 1.44. The highest BCUT2D eigenvalue weighted by Crippen LogP contribution is 2.31. The van der Waals surface area contributed by atoms with Crippen LogP contribution in [0.1, 0.15) is 39.9 Å². The number of likely N-dealkylation sites (tertiary alicyclic amines) is 1. The molecule has 1 aliphatic rings. The number of nitrogens with zero attached hydrogens (tertiary/aromatic N) is 5. The summed E-state index contributed by atoms with van der Waals surface area (Å²) in [6.07, 6.45) is 1.84. The van der Waals surface area contributed by atoms with E-state index in [9.17, 15) is 4.79 Å². The van der Waals surface area contributed by atoms with Crippen molar-refractivity contribution in [3.63, 3.8) is 0 Å².